The van der Waals surface area contributed by atoms with Crippen molar-refractivity contribution in [2.24, 2.45) is 5.92 Å². The third-order valence-corrected chi connectivity index (χ3v) is 2.63. The smallest absolute Gasteiger partial charge is 0.302 e. The molecular weight excluding hydrogens is 156 g/mol. The van der Waals surface area contributed by atoms with Gasteiger partial charge in [0.25, 0.3) is 0 Å². The molecule has 3 rings (SSSR count). The van der Waals surface area contributed by atoms with Crippen LogP contribution in [0.25, 0.3) is 0 Å². The first kappa shape index (κ1) is 8.05. The van der Waals surface area contributed by atoms with E-state index in [1.54, 1.807) is 0 Å². The van der Waals surface area contributed by atoms with Gasteiger partial charge in [0.15, 0.2) is 0 Å². The SMILES string of the molecule is CC(=O)OCC1CC2CC(C1)O2. The number of esters is 1. The summed E-state index contributed by atoms with van der Waals surface area (Å²) in [7, 11) is 0. The molecule has 0 spiro atoms. The van der Waals surface area contributed by atoms with Gasteiger partial charge in [0.05, 0.1) is 18.8 Å². The zero-order chi connectivity index (χ0) is 8.55. The zero-order valence-corrected chi connectivity index (χ0v) is 7.29. The van der Waals surface area contributed by atoms with E-state index in [2.05, 4.69) is 0 Å². The van der Waals surface area contributed by atoms with Crippen molar-refractivity contribution in [3.8, 4) is 0 Å². The minimum Gasteiger partial charge on any atom is -0.466 e. The second-order valence-corrected chi connectivity index (χ2v) is 3.76. The van der Waals surface area contributed by atoms with Gasteiger partial charge in [0.2, 0.25) is 0 Å². The quantitative estimate of drug-likeness (QED) is 0.582. The topological polar surface area (TPSA) is 35.5 Å². The normalized spacial score (nSPS) is 38.6. The Kier molecular flexibility index (Phi) is 2.05. The van der Waals surface area contributed by atoms with E-state index in [-0.39, 0.29) is 5.97 Å². The Morgan fingerprint density at radius 2 is 2.00 bits per heavy atom. The van der Waals surface area contributed by atoms with E-state index in [0.29, 0.717) is 24.7 Å². The molecule has 68 valence electrons. The Morgan fingerprint density at radius 3 is 2.50 bits per heavy atom. The summed E-state index contributed by atoms with van der Waals surface area (Å²) in [5, 5.41) is 0. The standard InChI is InChI=1S/C9H14O3/c1-6(10)11-5-7-2-8-4-9(3-7)12-8/h7-9H,2-5H2,1H3. The van der Waals surface area contributed by atoms with Gasteiger partial charge in [-0.3, -0.25) is 4.79 Å². The van der Waals surface area contributed by atoms with Crippen molar-refractivity contribution in [2.45, 2.75) is 38.4 Å². The van der Waals surface area contributed by atoms with Crippen molar-refractivity contribution >= 4 is 5.97 Å². The minimum atomic E-state index is -0.171. The summed E-state index contributed by atoms with van der Waals surface area (Å²) in [5.41, 5.74) is 0. The van der Waals surface area contributed by atoms with Crippen LogP contribution in [-0.2, 0) is 14.3 Å². The monoisotopic (exact) mass is 170 g/mol. The van der Waals surface area contributed by atoms with Crippen molar-refractivity contribution in [1.82, 2.24) is 0 Å². The summed E-state index contributed by atoms with van der Waals surface area (Å²) >= 11 is 0. The van der Waals surface area contributed by atoms with Crippen molar-refractivity contribution in [3.05, 3.63) is 0 Å². The van der Waals surface area contributed by atoms with Gasteiger partial charge in [-0.2, -0.15) is 0 Å². The van der Waals surface area contributed by atoms with E-state index in [1.165, 1.54) is 13.3 Å². The fourth-order valence-electron chi connectivity index (χ4n) is 2.07. The van der Waals surface area contributed by atoms with Gasteiger partial charge in [-0.15, -0.1) is 0 Å². The highest BCUT2D eigenvalue weighted by Gasteiger charge is 2.39. The summed E-state index contributed by atoms with van der Waals surface area (Å²) in [6.45, 7) is 2.05. The van der Waals surface area contributed by atoms with Crippen LogP contribution in [0.4, 0.5) is 0 Å². The molecule has 12 heavy (non-hydrogen) atoms. The fraction of sp³-hybridized carbons (Fsp3) is 0.889. The maximum Gasteiger partial charge on any atom is 0.302 e. The van der Waals surface area contributed by atoms with Crippen LogP contribution >= 0.6 is 0 Å². The molecule has 0 aromatic rings. The highest BCUT2D eigenvalue weighted by Crippen LogP contribution is 2.38. The van der Waals surface area contributed by atoms with E-state index >= 15 is 0 Å². The molecule has 0 aromatic carbocycles. The van der Waals surface area contributed by atoms with E-state index in [9.17, 15) is 4.79 Å². The predicted octanol–water partition coefficient (Wildman–Crippen LogP) is 1.12. The summed E-state index contributed by atoms with van der Waals surface area (Å²) in [6.07, 6.45) is 4.29. The molecule has 0 amide bonds. The molecular formula is C9H14O3. The second kappa shape index (κ2) is 3.05. The van der Waals surface area contributed by atoms with Gasteiger partial charge in [-0.05, 0) is 25.2 Å². The fourth-order valence-corrected chi connectivity index (χ4v) is 2.07. The van der Waals surface area contributed by atoms with Crippen molar-refractivity contribution < 1.29 is 14.3 Å². The summed E-state index contributed by atoms with van der Waals surface area (Å²) in [4.78, 5) is 10.5. The molecule has 2 aliphatic heterocycles. The lowest BCUT2D eigenvalue weighted by Crippen LogP contribution is -2.46. The molecule has 3 heteroatoms. The van der Waals surface area contributed by atoms with Crippen LogP contribution in [0.2, 0.25) is 0 Å². The Hall–Kier alpha value is -0.570. The summed E-state index contributed by atoms with van der Waals surface area (Å²) < 4.78 is 10.4. The average Bonchev–Trinajstić information content (AvgIpc) is 2.00. The molecule has 0 N–H and O–H groups in total. The minimum absolute atomic E-state index is 0.171. The van der Waals surface area contributed by atoms with Crippen LogP contribution in [-0.4, -0.2) is 24.8 Å². The second-order valence-electron chi connectivity index (χ2n) is 3.76. The lowest BCUT2D eigenvalue weighted by atomic mass is 9.81. The number of hydrogen-bond acceptors (Lipinski definition) is 3. The maximum absolute atomic E-state index is 10.5. The van der Waals surface area contributed by atoms with Crippen LogP contribution in [0.1, 0.15) is 26.2 Å². The maximum atomic E-state index is 10.5. The van der Waals surface area contributed by atoms with Crippen molar-refractivity contribution in [1.29, 1.82) is 0 Å². The van der Waals surface area contributed by atoms with Crippen LogP contribution in [0, 0.1) is 5.92 Å². The van der Waals surface area contributed by atoms with E-state index < -0.39 is 0 Å². The van der Waals surface area contributed by atoms with Crippen LogP contribution < -0.4 is 0 Å². The van der Waals surface area contributed by atoms with Gasteiger partial charge in [0, 0.05) is 6.92 Å². The largest absolute Gasteiger partial charge is 0.466 e. The Bertz CT molecular complexity index is 174. The van der Waals surface area contributed by atoms with E-state index in [0.717, 1.165) is 12.8 Å². The summed E-state index contributed by atoms with van der Waals surface area (Å²) in [5.74, 6) is 0.376. The Balaban J connectivity index is 1.72. The molecule has 3 aliphatic rings. The van der Waals surface area contributed by atoms with Gasteiger partial charge in [0.1, 0.15) is 0 Å². The number of ether oxygens (including phenoxy) is 2. The first-order valence-electron chi connectivity index (χ1n) is 4.53. The molecule has 1 aliphatic carbocycles. The molecule has 2 heterocycles. The molecule has 0 aromatic heterocycles. The number of fused-ring (bicyclic) bond motifs is 2. The average molecular weight is 170 g/mol. The van der Waals surface area contributed by atoms with Gasteiger partial charge in [-0.1, -0.05) is 0 Å². The Labute approximate surface area is 72.0 Å². The number of carbonyl (C=O) groups excluding carboxylic acids is 1. The van der Waals surface area contributed by atoms with Crippen molar-refractivity contribution in [3.63, 3.8) is 0 Å². The molecule has 0 radical (unpaired) electrons. The molecule has 3 nitrogen and oxygen atoms in total. The first-order chi connectivity index (χ1) is 5.74. The lowest BCUT2D eigenvalue weighted by molar-refractivity contribution is -0.181. The Morgan fingerprint density at radius 1 is 1.42 bits per heavy atom. The highest BCUT2D eigenvalue weighted by atomic mass is 16.5. The van der Waals surface area contributed by atoms with Crippen molar-refractivity contribution in [2.75, 3.05) is 6.61 Å². The highest BCUT2D eigenvalue weighted by molar-refractivity contribution is 5.65. The number of hydrogen-bond donors (Lipinski definition) is 0. The molecule has 2 unspecified atom stereocenters. The van der Waals surface area contributed by atoms with Gasteiger partial charge >= 0.3 is 5.97 Å². The third-order valence-electron chi connectivity index (χ3n) is 2.63. The van der Waals surface area contributed by atoms with Gasteiger partial charge in [-0.25, -0.2) is 0 Å². The first-order valence-corrected chi connectivity index (χ1v) is 4.53. The molecule has 3 fully saturated rings. The molecule has 2 saturated heterocycles. The molecule has 2 bridgehead atoms. The van der Waals surface area contributed by atoms with Crippen LogP contribution in [0.3, 0.4) is 0 Å². The number of carbonyl (C=O) groups is 1. The summed E-state index contributed by atoms with van der Waals surface area (Å²) in [6, 6.07) is 0. The van der Waals surface area contributed by atoms with Gasteiger partial charge < -0.3 is 9.47 Å². The molecule has 2 atom stereocenters. The predicted molar refractivity (Wildman–Crippen MR) is 42.6 cm³/mol. The number of rotatable bonds is 2. The molecule has 1 saturated carbocycles. The van der Waals surface area contributed by atoms with Crippen LogP contribution in [0.5, 0.6) is 0 Å². The lowest BCUT2D eigenvalue weighted by Gasteiger charge is -2.45. The van der Waals surface area contributed by atoms with E-state index in [1.807, 2.05) is 0 Å². The third kappa shape index (κ3) is 1.61. The van der Waals surface area contributed by atoms with Crippen LogP contribution in [0.15, 0.2) is 0 Å². The van der Waals surface area contributed by atoms with E-state index in [4.69, 9.17) is 9.47 Å². The zero-order valence-electron chi connectivity index (χ0n) is 7.29.